The number of hydrogen-bond acceptors (Lipinski definition) is 4. The molecule has 0 radical (unpaired) electrons. The standard InChI is InChI=1S/C12H15BrN2O2/c1-7(2)15-11-5-8(13)4-9(10(11)6-14)12(16)17-3/h4-7,14-15H,1-3H3. The number of benzene rings is 1. The van der Waals surface area contributed by atoms with Crippen LogP contribution in [0, 0.1) is 5.41 Å². The number of halogens is 1. The summed E-state index contributed by atoms with van der Waals surface area (Å²) in [6.07, 6.45) is 1.16. The van der Waals surface area contributed by atoms with Gasteiger partial charge in [-0.05, 0) is 26.0 Å². The first kappa shape index (κ1) is 13.7. The lowest BCUT2D eigenvalue weighted by Gasteiger charge is -2.15. The summed E-state index contributed by atoms with van der Waals surface area (Å²) in [7, 11) is 1.33. The molecule has 0 heterocycles. The molecule has 0 aliphatic rings. The molecule has 0 spiro atoms. The summed E-state index contributed by atoms with van der Waals surface area (Å²) in [6, 6.07) is 3.71. The highest BCUT2D eigenvalue weighted by Crippen LogP contribution is 2.25. The number of carbonyl (C=O) groups excluding carboxylic acids is 1. The van der Waals surface area contributed by atoms with Crippen molar-refractivity contribution in [3.05, 3.63) is 27.7 Å². The van der Waals surface area contributed by atoms with Crippen molar-refractivity contribution in [2.75, 3.05) is 12.4 Å². The fourth-order valence-corrected chi connectivity index (χ4v) is 1.94. The van der Waals surface area contributed by atoms with Crippen molar-refractivity contribution < 1.29 is 9.53 Å². The molecule has 0 atom stereocenters. The summed E-state index contributed by atoms with van der Waals surface area (Å²) in [4.78, 5) is 11.6. The Morgan fingerprint density at radius 1 is 1.53 bits per heavy atom. The van der Waals surface area contributed by atoms with E-state index in [0.717, 1.165) is 16.4 Å². The molecule has 0 aliphatic heterocycles. The van der Waals surface area contributed by atoms with E-state index in [9.17, 15) is 4.79 Å². The van der Waals surface area contributed by atoms with Gasteiger partial charge in [-0.1, -0.05) is 15.9 Å². The second-order valence-electron chi connectivity index (χ2n) is 3.85. The van der Waals surface area contributed by atoms with Crippen molar-refractivity contribution in [3.8, 4) is 0 Å². The van der Waals surface area contributed by atoms with Gasteiger partial charge in [0.25, 0.3) is 0 Å². The zero-order valence-electron chi connectivity index (χ0n) is 10.0. The van der Waals surface area contributed by atoms with Gasteiger partial charge in [-0.15, -0.1) is 0 Å². The third kappa shape index (κ3) is 3.30. The van der Waals surface area contributed by atoms with Crippen LogP contribution in [0.2, 0.25) is 0 Å². The monoisotopic (exact) mass is 298 g/mol. The van der Waals surface area contributed by atoms with Crippen LogP contribution in [0.15, 0.2) is 16.6 Å². The van der Waals surface area contributed by atoms with Gasteiger partial charge in [0.15, 0.2) is 0 Å². The molecule has 0 saturated heterocycles. The summed E-state index contributed by atoms with van der Waals surface area (Å²) >= 11 is 3.34. The van der Waals surface area contributed by atoms with Gasteiger partial charge in [-0.3, -0.25) is 0 Å². The number of hydrogen-bond donors (Lipinski definition) is 2. The Bertz CT molecular complexity index is 444. The Morgan fingerprint density at radius 3 is 2.65 bits per heavy atom. The minimum absolute atomic E-state index is 0.216. The van der Waals surface area contributed by atoms with E-state index in [-0.39, 0.29) is 6.04 Å². The first-order valence-corrected chi connectivity index (χ1v) is 5.97. The number of carbonyl (C=O) groups is 1. The Hall–Kier alpha value is -1.36. The quantitative estimate of drug-likeness (QED) is 0.663. The van der Waals surface area contributed by atoms with Gasteiger partial charge in [0, 0.05) is 28.0 Å². The fraction of sp³-hybridized carbons (Fsp3) is 0.333. The number of ether oxygens (including phenoxy) is 1. The van der Waals surface area contributed by atoms with Crippen LogP contribution >= 0.6 is 15.9 Å². The molecule has 0 amide bonds. The second kappa shape index (κ2) is 5.82. The van der Waals surface area contributed by atoms with Crippen molar-refractivity contribution in [2.24, 2.45) is 0 Å². The second-order valence-corrected chi connectivity index (χ2v) is 4.77. The molecule has 4 nitrogen and oxygen atoms in total. The Kier molecular flexibility index (Phi) is 4.69. The molecule has 92 valence electrons. The van der Waals surface area contributed by atoms with Crippen LogP contribution in [-0.2, 0) is 4.74 Å². The highest BCUT2D eigenvalue weighted by molar-refractivity contribution is 9.10. The van der Waals surface area contributed by atoms with E-state index >= 15 is 0 Å². The molecule has 17 heavy (non-hydrogen) atoms. The van der Waals surface area contributed by atoms with Gasteiger partial charge < -0.3 is 15.5 Å². The average molecular weight is 299 g/mol. The lowest BCUT2D eigenvalue weighted by atomic mass is 10.1. The molecule has 0 saturated carbocycles. The maximum absolute atomic E-state index is 11.6. The number of rotatable bonds is 4. The predicted octanol–water partition coefficient (Wildman–Crippen LogP) is 3.05. The van der Waals surface area contributed by atoms with Gasteiger partial charge in [0.05, 0.1) is 12.7 Å². The maximum Gasteiger partial charge on any atom is 0.338 e. The van der Waals surface area contributed by atoms with Gasteiger partial charge in [-0.25, -0.2) is 4.79 Å². The molecular weight excluding hydrogens is 284 g/mol. The number of esters is 1. The maximum atomic E-state index is 11.6. The average Bonchev–Trinajstić information content (AvgIpc) is 2.26. The summed E-state index contributed by atoms with van der Waals surface area (Å²) in [6.45, 7) is 3.99. The van der Waals surface area contributed by atoms with E-state index in [1.807, 2.05) is 19.9 Å². The fourth-order valence-electron chi connectivity index (χ4n) is 1.48. The predicted molar refractivity (Wildman–Crippen MR) is 72.1 cm³/mol. The van der Waals surface area contributed by atoms with Crippen molar-refractivity contribution in [3.63, 3.8) is 0 Å². The number of nitrogens with one attached hydrogen (secondary N) is 2. The van der Waals surface area contributed by atoms with Crippen molar-refractivity contribution >= 4 is 33.8 Å². The van der Waals surface area contributed by atoms with Crippen LogP contribution in [0.5, 0.6) is 0 Å². The summed E-state index contributed by atoms with van der Waals surface area (Å²) in [5.74, 6) is -0.448. The van der Waals surface area contributed by atoms with Crippen LogP contribution in [0.25, 0.3) is 0 Å². The molecule has 1 rings (SSSR count). The van der Waals surface area contributed by atoms with E-state index in [2.05, 4.69) is 21.2 Å². The molecule has 0 unspecified atom stereocenters. The van der Waals surface area contributed by atoms with Crippen LogP contribution in [0.4, 0.5) is 5.69 Å². The van der Waals surface area contributed by atoms with Crippen LogP contribution in [-0.4, -0.2) is 25.3 Å². The molecule has 0 aliphatic carbocycles. The van der Waals surface area contributed by atoms with Gasteiger partial charge in [0.2, 0.25) is 0 Å². The van der Waals surface area contributed by atoms with Crippen LogP contribution in [0.1, 0.15) is 29.8 Å². The van der Waals surface area contributed by atoms with Crippen LogP contribution in [0.3, 0.4) is 0 Å². The van der Waals surface area contributed by atoms with Crippen molar-refractivity contribution in [1.82, 2.24) is 0 Å². The Labute approximate surface area is 109 Å². The highest BCUT2D eigenvalue weighted by atomic mass is 79.9. The number of methoxy groups -OCH3 is 1. The molecular formula is C12H15BrN2O2. The smallest absolute Gasteiger partial charge is 0.338 e. The summed E-state index contributed by atoms with van der Waals surface area (Å²) < 4.78 is 5.47. The zero-order valence-corrected chi connectivity index (χ0v) is 11.6. The van der Waals surface area contributed by atoms with Crippen LogP contribution < -0.4 is 5.32 Å². The van der Waals surface area contributed by atoms with E-state index in [1.54, 1.807) is 6.07 Å². The normalized spacial score (nSPS) is 10.2. The van der Waals surface area contributed by atoms with Gasteiger partial charge >= 0.3 is 5.97 Å². The van der Waals surface area contributed by atoms with Crippen molar-refractivity contribution in [1.29, 1.82) is 5.41 Å². The molecule has 0 aromatic heterocycles. The molecule has 2 N–H and O–H groups in total. The topological polar surface area (TPSA) is 62.2 Å². The van der Waals surface area contributed by atoms with E-state index < -0.39 is 5.97 Å². The van der Waals surface area contributed by atoms with Gasteiger partial charge in [-0.2, -0.15) is 0 Å². The molecule has 1 aromatic rings. The SMILES string of the molecule is COC(=O)c1cc(Br)cc(NC(C)C)c1C=N. The molecule has 5 heteroatoms. The summed E-state index contributed by atoms with van der Waals surface area (Å²) in [5, 5.41) is 10.6. The van der Waals surface area contributed by atoms with Crippen molar-refractivity contribution in [2.45, 2.75) is 19.9 Å². The Balaban J connectivity index is 3.34. The van der Waals surface area contributed by atoms with E-state index in [4.69, 9.17) is 10.1 Å². The summed E-state index contributed by atoms with van der Waals surface area (Å²) in [5.41, 5.74) is 1.65. The van der Waals surface area contributed by atoms with Gasteiger partial charge in [0.1, 0.15) is 0 Å². The lowest BCUT2D eigenvalue weighted by Crippen LogP contribution is -2.14. The zero-order chi connectivity index (χ0) is 13.0. The first-order valence-electron chi connectivity index (χ1n) is 5.18. The Morgan fingerprint density at radius 2 is 2.18 bits per heavy atom. The highest BCUT2D eigenvalue weighted by Gasteiger charge is 2.15. The third-order valence-electron chi connectivity index (χ3n) is 2.14. The number of anilines is 1. The lowest BCUT2D eigenvalue weighted by molar-refractivity contribution is 0.0600. The molecule has 1 aromatic carbocycles. The van der Waals surface area contributed by atoms with E-state index in [0.29, 0.717) is 11.1 Å². The largest absolute Gasteiger partial charge is 0.465 e. The molecule has 0 bridgehead atoms. The first-order chi connectivity index (χ1) is 7.99. The molecule has 0 fully saturated rings. The minimum atomic E-state index is -0.448. The van der Waals surface area contributed by atoms with E-state index in [1.165, 1.54) is 7.11 Å². The minimum Gasteiger partial charge on any atom is -0.465 e. The third-order valence-corrected chi connectivity index (χ3v) is 2.60.